The van der Waals surface area contributed by atoms with E-state index in [0.717, 1.165) is 17.8 Å². The largest absolute Gasteiger partial charge is 0.334 e. The summed E-state index contributed by atoms with van der Waals surface area (Å²) in [6.07, 6.45) is 2.61. The predicted octanol–water partition coefficient (Wildman–Crippen LogP) is 2.53. The fraction of sp³-hybridized carbons (Fsp3) is 0.500. The molecule has 2 heterocycles. The molecule has 0 radical (unpaired) electrons. The van der Waals surface area contributed by atoms with Gasteiger partial charge in [0.2, 0.25) is 0 Å². The molecule has 1 aliphatic rings. The molecule has 1 aliphatic heterocycles. The molecule has 26 heavy (non-hydrogen) atoms. The van der Waals surface area contributed by atoms with Crippen molar-refractivity contribution in [2.45, 2.75) is 44.8 Å². The van der Waals surface area contributed by atoms with E-state index >= 15 is 0 Å². The minimum absolute atomic E-state index is 0. The van der Waals surface area contributed by atoms with Gasteiger partial charge in [0, 0.05) is 32.4 Å². The number of nitrogens with one attached hydrogen (secondary N) is 1. The van der Waals surface area contributed by atoms with E-state index in [0.29, 0.717) is 26.2 Å². The second kappa shape index (κ2) is 8.52. The smallest absolute Gasteiger partial charge is 0.262 e. The molecule has 1 aromatic heterocycles. The van der Waals surface area contributed by atoms with E-state index in [1.54, 1.807) is 10.5 Å². The molecule has 144 valence electrons. The van der Waals surface area contributed by atoms with Crippen molar-refractivity contribution in [1.29, 1.82) is 0 Å². The lowest BCUT2D eigenvalue weighted by molar-refractivity contribution is 0.271. The molecule has 0 saturated carbocycles. The first-order valence-electron chi connectivity index (χ1n) is 8.82. The van der Waals surface area contributed by atoms with E-state index in [-0.39, 0.29) is 23.5 Å². The summed E-state index contributed by atoms with van der Waals surface area (Å²) in [6, 6.07) is 8.01. The van der Waals surface area contributed by atoms with Crippen LogP contribution in [-0.4, -0.2) is 41.9 Å². The average molecular weight is 399 g/mol. The van der Waals surface area contributed by atoms with Crippen molar-refractivity contribution in [2.75, 3.05) is 19.6 Å². The van der Waals surface area contributed by atoms with Crippen molar-refractivity contribution >= 4 is 22.4 Å². The van der Waals surface area contributed by atoms with Crippen LogP contribution in [0.4, 0.5) is 0 Å². The van der Waals surface area contributed by atoms with Crippen LogP contribution in [0.5, 0.6) is 0 Å². The van der Waals surface area contributed by atoms with Gasteiger partial charge in [0.25, 0.3) is 10.0 Å². The quantitative estimate of drug-likeness (QED) is 0.840. The Labute approximate surface area is 162 Å². The van der Waals surface area contributed by atoms with Crippen molar-refractivity contribution in [3.8, 4) is 0 Å². The predicted molar refractivity (Wildman–Crippen MR) is 105 cm³/mol. The molecule has 1 N–H and O–H groups in total. The van der Waals surface area contributed by atoms with Crippen LogP contribution in [0.3, 0.4) is 0 Å². The third-order valence-corrected chi connectivity index (χ3v) is 6.61. The van der Waals surface area contributed by atoms with E-state index in [9.17, 15) is 8.42 Å². The normalized spacial score (nSPS) is 18.5. The van der Waals surface area contributed by atoms with Crippen LogP contribution in [-0.2, 0) is 23.0 Å². The zero-order valence-electron chi connectivity index (χ0n) is 15.5. The van der Waals surface area contributed by atoms with Gasteiger partial charge >= 0.3 is 0 Å². The topological polar surface area (TPSA) is 67.2 Å². The SMILES string of the molecule is CCc1ccc(C2CNCCN2S(=O)(=O)c2cn(CC)c(C)n2)cc1.Cl. The number of aromatic nitrogens is 2. The lowest BCUT2D eigenvalue weighted by atomic mass is 10.0. The minimum Gasteiger partial charge on any atom is -0.334 e. The van der Waals surface area contributed by atoms with E-state index < -0.39 is 10.0 Å². The highest BCUT2D eigenvalue weighted by molar-refractivity contribution is 7.89. The van der Waals surface area contributed by atoms with Crippen molar-refractivity contribution in [2.24, 2.45) is 0 Å². The Bertz CT molecular complexity index is 833. The average Bonchev–Trinajstić information content (AvgIpc) is 3.03. The Morgan fingerprint density at radius 1 is 1.23 bits per heavy atom. The van der Waals surface area contributed by atoms with Crippen LogP contribution < -0.4 is 5.32 Å². The Balaban J connectivity index is 0.00000243. The molecule has 0 bridgehead atoms. The van der Waals surface area contributed by atoms with E-state index in [4.69, 9.17) is 0 Å². The second-order valence-corrected chi connectivity index (χ2v) is 8.18. The maximum absolute atomic E-state index is 13.2. The van der Waals surface area contributed by atoms with Crippen molar-refractivity contribution in [3.05, 3.63) is 47.4 Å². The highest BCUT2D eigenvalue weighted by Crippen LogP contribution is 2.29. The summed E-state index contributed by atoms with van der Waals surface area (Å²) >= 11 is 0. The van der Waals surface area contributed by atoms with Crippen LogP contribution in [0, 0.1) is 6.92 Å². The third kappa shape index (κ3) is 3.96. The maximum Gasteiger partial charge on any atom is 0.262 e. The zero-order valence-corrected chi connectivity index (χ0v) is 17.1. The molecule has 1 fully saturated rings. The Morgan fingerprint density at radius 3 is 2.50 bits per heavy atom. The molecule has 0 spiro atoms. The fourth-order valence-corrected chi connectivity index (χ4v) is 4.89. The monoisotopic (exact) mass is 398 g/mol. The number of piperazine rings is 1. The lowest BCUT2D eigenvalue weighted by Crippen LogP contribution is -2.48. The fourth-order valence-electron chi connectivity index (χ4n) is 3.28. The van der Waals surface area contributed by atoms with Crippen LogP contribution >= 0.6 is 12.4 Å². The van der Waals surface area contributed by atoms with E-state index in [1.165, 1.54) is 5.56 Å². The zero-order chi connectivity index (χ0) is 18.0. The van der Waals surface area contributed by atoms with Crippen molar-refractivity contribution in [1.82, 2.24) is 19.2 Å². The van der Waals surface area contributed by atoms with Gasteiger partial charge in [-0.1, -0.05) is 31.2 Å². The molecule has 6 nitrogen and oxygen atoms in total. The summed E-state index contributed by atoms with van der Waals surface area (Å²) in [6.45, 7) is 8.34. The van der Waals surface area contributed by atoms with E-state index in [2.05, 4.69) is 29.4 Å². The minimum atomic E-state index is -3.63. The third-order valence-electron chi connectivity index (χ3n) is 4.83. The molecule has 1 atom stereocenters. The molecule has 1 unspecified atom stereocenters. The summed E-state index contributed by atoms with van der Waals surface area (Å²) in [4.78, 5) is 4.30. The maximum atomic E-state index is 13.2. The summed E-state index contributed by atoms with van der Waals surface area (Å²) in [7, 11) is -3.63. The standard InChI is InChI=1S/C18H26N4O2S.ClH/c1-4-15-6-8-16(9-7-15)17-12-19-10-11-22(17)25(23,24)18-13-21(5-2)14(3)20-18;/h6-9,13,17,19H,4-5,10-12H2,1-3H3;1H. The molecule has 8 heteroatoms. The van der Waals surface area contributed by atoms with Gasteiger partial charge in [-0.05, 0) is 31.4 Å². The summed E-state index contributed by atoms with van der Waals surface area (Å²) < 4.78 is 29.8. The number of hydrogen-bond donors (Lipinski definition) is 1. The number of rotatable bonds is 5. The van der Waals surface area contributed by atoms with Gasteiger partial charge in [-0.2, -0.15) is 4.31 Å². The molecular formula is C18H27ClN4O2S. The molecule has 1 saturated heterocycles. The van der Waals surface area contributed by atoms with Crippen LogP contribution in [0.1, 0.15) is 36.8 Å². The lowest BCUT2D eigenvalue weighted by Gasteiger charge is -2.35. The second-order valence-electron chi connectivity index (χ2n) is 6.34. The Morgan fingerprint density at radius 2 is 1.92 bits per heavy atom. The highest BCUT2D eigenvalue weighted by Gasteiger charge is 2.36. The number of halogens is 1. The number of hydrogen-bond acceptors (Lipinski definition) is 4. The van der Waals surface area contributed by atoms with Gasteiger partial charge < -0.3 is 9.88 Å². The summed E-state index contributed by atoms with van der Waals surface area (Å²) in [5.74, 6) is 0.722. The molecule has 0 aliphatic carbocycles. The molecule has 3 rings (SSSR count). The van der Waals surface area contributed by atoms with Gasteiger partial charge in [-0.25, -0.2) is 13.4 Å². The Hall–Kier alpha value is -1.41. The van der Waals surface area contributed by atoms with Crippen LogP contribution in [0.25, 0.3) is 0 Å². The van der Waals surface area contributed by atoms with Gasteiger partial charge in [-0.15, -0.1) is 12.4 Å². The highest BCUT2D eigenvalue weighted by atomic mass is 35.5. The van der Waals surface area contributed by atoms with Gasteiger partial charge in [-0.3, -0.25) is 0 Å². The molecule has 2 aromatic rings. The number of aryl methyl sites for hydroxylation is 3. The van der Waals surface area contributed by atoms with E-state index in [1.807, 2.05) is 30.5 Å². The van der Waals surface area contributed by atoms with Crippen molar-refractivity contribution in [3.63, 3.8) is 0 Å². The number of imidazole rings is 1. The van der Waals surface area contributed by atoms with Gasteiger partial charge in [0.05, 0.1) is 6.04 Å². The molecular weight excluding hydrogens is 372 g/mol. The first kappa shape index (κ1) is 20.9. The van der Waals surface area contributed by atoms with Crippen molar-refractivity contribution < 1.29 is 8.42 Å². The summed E-state index contributed by atoms with van der Waals surface area (Å²) in [5.41, 5.74) is 2.26. The number of benzene rings is 1. The van der Waals surface area contributed by atoms with Gasteiger partial charge in [0.15, 0.2) is 5.03 Å². The molecule has 1 aromatic carbocycles. The van der Waals surface area contributed by atoms with Crippen LogP contribution in [0.15, 0.2) is 35.5 Å². The number of nitrogens with zero attached hydrogens (tertiary/aromatic N) is 3. The van der Waals surface area contributed by atoms with Crippen LogP contribution in [0.2, 0.25) is 0 Å². The molecule has 0 amide bonds. The summed E-state index contributed by atoms with van der Waals surface area (Å²) in [5, 5.41) is 3.45. The Kier molecular flexibility index (Phi) is 6.85. The first-order chi connectivity index (χ1) is 12.0. The van der Waals surface area contributed by atoms with Gasteiger partial charge in [0.1, 0.15) is 5.82 Å². The first-order valence-corrected chi connectivity index (χ1v) is 10.3. The number of sulfonamides is 1.